The molecule has 8 nitrogen and oxygen atoms in total. The van der Waals surface area contributed by atoms with E-state index in [-0.39, 0.29) is 17.8 Å². The quantitative estimate of drug-likeness (QED) is 0.156. The normalized spacial score (nSPS) is 13.3. The molecule has 2 aromatic carbocycles. The molecular formula is C34H48ClF3N6O2. The smallest absolute Gasteiger partial charge is 0.422 e. The molecule has 1 saturated carbocycles. The zero-order chi connectivity index (χ0) is 34.4. The van der Waals surface area contributed by atoms with Gasteiger partial charge >= 0.3 is 12.2 Å². The van der Waals surface area contributed by atoms with Gasteiger partial charge in [-0.25, -0.2) is 0 Å². The lowest BCUT2D eigenvalue weighted by atomic mass is 10.0. The Bertz CT molecular complexity index is 1340. The number of carbonyl (C=O) groups is 1. The number of nitrogens with one attached hydrogen (secondary N) is 3. The van der Waals surface area contributed by atoms with E-state index in [1.54, 1.807) is 36.4 Å². The molecule has 4 rings (SSSR count). The molecule has 0 bridgehead atoms. The molecule has 1 heterocycles. The number of hydrogen-bond acceptors (Lipinski definition) is 7. The molecule has 0 radical (unpaired) electrons. The average molecular weight is 665 g/mol. The van der Waals surface area contributed by atoms with Gasteiger partial charge in [0.25, 0.3) is 5.91 Å². The number of carbonyl (C=O) groups excluding carboxylic acids is 1. The molecule has 1 aliphatic carbocycles. The molecule has 3 aromatic rings. The Balaban J connectivity index is 0.000000959. The number of amides is 1. The molecular weight excluding hydrogens is 617 g/mol. The largest absolute Gasteiger partial charge is 0.454 e. The van der Waals surface area contributed by atoms with Gasteiger partial charge in [0.05, 0.1) is 5.54 Å². The van der Waals surface area contributed by atoms with Crippen LogP contribution in [0.25, 0.3) is 0 Å². The second kappa shape index (κ2) is 17.9. The predicted molar refractivity (Wildman–Crippen MR) is 180 cm³/mol. The third-order valence-electron chi connectivity index (χ3n) is 6.20. The highest BCUT2D eigenvalue weighted by atomic mass is 35.5. The number of halogens is 4. The Labute approximate surface area is 276 Å². The van der Waals surface area contributed by atoms with Gasteiger partial charge in [0.15, 0.2) is 6.61 Å². The first-order valence-electron chi connectivity index (χ1n) is 15.8. The Morgan fingerprint density at radius 1 is 0.891 bits per heavy atom. The van der Waals surface area contributed by atoms with Gasteiger partial charge in [0, 0.05) is 22.8 Å². The third kappa shape index (κ3) is 14.7. The first-order chi connectivity index (χ1) is 21.7. The van der Waals surface area contributed by atoms with E-state index >= 15 is 0 Å². The molecule has 0 unspecified atom stereocenters. The van der Waals surface area contributed by atoms with Crippen LogP contribution in [-0.4, -0.2) is 40.2 Å². The maximum absolute atomic E-state index is 12.8. The van der Waals surface area contributed by atoms with E-state index in [9.17, 15) is 18.0 Å². The number of benzene rings is 2. The van der Waals surface area contributed by atoms with E-state index in [4.69, 9.17) is 16.3 Å². The van der Waals surface area contributed by atoms with Crippen molar-refractivity contribution in [1.29, 1.82) is 0 Å². The fourth-order valence-electron chi connectivity index (χ4n) is 3.96. The van der Waals surface area contributed by atoms with E-state index in [1.807, 2.05) is 26.0 Å². The van der Waals surface area contributed by atoms with Gasteiger partial charge in [-0.15, -0.1) is 0 Å². The number of hydrogen-bond donors (Lipinski definition) is 3. The Hall–Kier alpha value is -3.60. The van der Waals surface area contributed by atoms with Crippen LogP contribution in [-0.2, 0) is 5.54 Å². The van der Waals surface area contributed by atoms with E-state index < -0.39 is 24.3 Å². The summed E-state index contributed by atoms with van der Waals surface area (Å²) in [7, 11) is 0. The molecule has 3 N–H and O–H groups in total. The SMILES string of the molecule is CC.CC(C)(C)C.CCCCCCNC(=O)c1ccc(Nc2nc(NC3(c4ccc(Cl)cc4)CC3)nc(OCC(F)(F)F)n2)cc1. The van der Waals surface area contributed by atoms with Gasteiger partial charge in [-0.05, 0) is 66.6 Å². The molecule has 254 valence electrons. The standard InChI is InChI=1S/C27H30ClF3N6O2.C5H12.C2H6/c1-2-3-4-5-16-32-22(38)18-6-12-21(13-7-18)33-23-34-24(36-25(35-23)39-17-27(29,30)31)37-26(14-15-26)19-8-10-20(28)11-9-19;1-5(2,3)4;1-2/h6-13H,2-5,14-17H2,1H3,(H,32,38)(H2,33,34,35,36,37);1-4H3;1-2H3. The van der Waals surface area contributed by atoms with Crippen molar-refractivity contribution in [3.8, 4) is 6.01 Å². The molecule has 0 saturated heterocycles. The van der Waals surface area contributed by atoms with Crippen molar-refractivity contribution >= 4 is 35.1 Å². The first-order valence-corrected chi connectivity index (χ1v) is 16.2. The number of alkyl halides is 3. The maximum atomic E-state index is 12.8. The summed E-state index contributed by atoms with van der Waals surface area (Å²) in [5.74, 6) is -0.120. The molecule has 1 amide bonds. The molecule has 0 spiro atoms. The van der Waals surface area contributed by atoms with Crippen molar-refractivity contribution in [2.45, 2.75) is 98.7 Å². The second-order valence-electron chi connectivity index (χ2n) is 12.4. The van der Waals surface area contributed by atoms with Crippen molar-refractivity contribution in [3.05, 3.63) is 64.7 Å². The van der Waals surface area contributed by atoms with Crippen LogP contribution in [0.1, 0.15) is 103 Å². The molecule has 46 heavy (non-hydrogen) atoms. The molecule has 12 heteroatoms. The van der Waals surface area contributed by atoms with Gasteiger partial charge in [-0.1, -0.05) is 91.5 Å². The summed E-state index contributed by atoms with van der Waals surface area (Å²) in [6, 6.07) is 13.4. The van der Waals surface area contributed by atoms with E-state index in [1.165, 1.54) is 0 Å². The van der Waals surface area contributed by atoms with Gasteiger partial charge in [-0.2, -0.15) is 28.1 Å². The van der Waals surface area contributed by atoms with Crippen molar-refractivity contribution < 1.29 is 22.7 Å². The lowest BCUT2D eigenvalue weighted by Gasteiger charge is -2.19. The summed E-state index contributed by atoms with van der Waals surface area (Å²) in [5, 5.41) is 9.67. The fourth-order valence-corrected chi connectivity index (χ4v) is 4.09. The molecule has 1 fully saturated rings. The van der Waals surface area contributed by atoms with Crippen LogP contribution < -0.4 is 20.7 Å². The predicted octanol–water partition coefficient (Wildman–Crippen LogP) is 9.70. The number of aromatic nitrogens is 3. The van der Waals surface area contributed by atoms with E-state index in [0.29, 0.717) is 28.2 Å². The van der Waals surface area contributed by atoms with Crippen molar-refractivity contribution in [1.82, 2.24) is 20.3 Å². The highest BCUT2D eigenvalue weighted by Gasteiger charge is 2.45. The summed E-state index contributed by atoms with van der Waals surface area (Å²) in [5.41, 5.74) is 2.02. The Morgan fingerprint density at radius 3 is 2.02 bits per heavy atom. The van der Waals surface area contributed by atoms with Crippen LogP contribution in [0.15, 0.2) is 48.5 Å². The second-order valence-corrected chi connectivity index (χ2v) is 12.8. The van der Waals surface area contributed by atoms with Crippen molar-refractivity contribution in [2.24, 2.45) is 5.41 Å². The van der Waals surface area contributed by atoms with Crippen molar-refractivity contribution in [3.63, 3.8) is 0 Å². The number of unbranched alkanes of at least 4 members (excludes halogenated alkanes) is 3. The topological polar surface area (TPSA) is 101 Å². The van der Waals surface area contributed by atoms with Crippen LogP contribution in [0.3, 0.4) is 0 Å². The van der Waals surface area contributed by atoms with Crippen LogP contribution in [0.5, 0.6) is 6.01 Å². The van der Waals surface area contributed by atoms with Crippen LogP contribution in [0, 0.1) is 5.41 Å². The highest BCUT2D eigenvalue weighted by Crippen LogP contribution is 2.48. The van der Waals surface area contributed by atoms with Crippen LogP contribution >= 0.6 is 11.6 Å². The van der Waals surface area contributed by atoms with Gasteiger partial charge in [0.1, 0.15) is 0 Å². The highest BCUT2D eigenvalue weighted by molar-refractivity contribution is 6.30. The molecule has 0 aliphatic heterocycles. The minimum absolute atomic E-state index is 0.00953. The van der Waals surface area contributed by atoms with Crippen LogP contribution in [0.4, 0.5) is 30.8 Å². The first kappa shape index (κ1) is 38.6. The zero-order valence-electron chi connectivity index (χ0n) is 27.9. The zero-order valence-corrected chi connectivity index (χ0v) is 28.7. The number of ether oxygens (including phenoxy) is 1. The number of nitrogens with zero attached hydrogens (tertiary/aromatic N) is 3. The average Bonchev–Trinajstić information content (AvgIpc) is 3.76. The fraction of sp³-hybridized carbons (Fsp3) is 0.529. The van der Waals surface area contributed by atoms with Gasteiger partial charge < -0.3 is 20.7 Å². The summed E-state index contributed by atoms with van der Waals surface area (Å²) < 4.78 is 43.2. The lowest BCUT2D eigenvalue weighted by Crippen LogP contribution is -2.24. The number of anilines is 3. The summed E-state index contributed by atoms with van der Waals surface area (Å²) >= 11 is 6.01. The minimum Gasteiger partial charge on any atom is -0.454 e. The number of rotatable bonds is 13. The van der Waals surface area contributed by atoms with Gasteiger partial charge in [-0.3, -0.25) is 4.79 Å². The summed E-state index contributed by atoms with van der Waals surface area (Å²) in [6.45, 7) is 13.9. The monoisotopic (exact) mass is 664 g/mol. The molecule has 0 atom stereocenters. The summed E-state index contributed by atoms with van der Waals surface area (Å²) in [6.07, 6.45) is 1.26. The van der Waals surface area contributed by atoms with E-state index in [0.717, 1.165) is 44.1 Å². The molecule has 1 aromatic heterocycles. The third-order valence-corrected chi connectivity index (χ3v) is 6.45. The maximum Gasteiger partial charge on any atom is 0.422 e. The summed E-state index contributed by atoms with van der Waals surface area (Å²) in [4.78, 5) is 24.8. The van der Waals surface area contributed by atoms with Crippen LogP contribution in [0.2, 0.25) is 5.02 Å². The molecule has 1 aliphatic rings. The van der Waals surface area contributed by atoms with Crippen molar-refractivity contribution in [2.75, 3.05) is 23.8 Å². The Kier molecular flexibility index (Phi) is 15.0. The minimum atomic E-state index is -4.55. The van der Waals surface area contributed by atoms with E-state index in [2.05, 4.69) is 65.5 Å². The van der Waals surface area contributed by atoms with Gasteiger partial charge in [0.2, 0.25) is 11.9 Å². The Morgan fingerprint density at radius 2 is 1.48 bits per heavy atom. The lowest BCUT2D eigenvalue weighted by molar-refractivity contribution is -0.154.